The number of amides is 1. The number of nitrogens with zero attached hydrogens (tertiary/aromatic N) is 6. The number of carbonyl (C=O) groups excluding carboxylic acids is 1. The van der Waals surface area contributed by atoms with E-state index in [0.29, 0.717) is 34.4 Å². The van der Waals surface area contributed by atoms with Gasteiger partial charge >= 0.3 is 0 Å². The Morgan fingerprint density at radius 3 is 2.84 bits per heavy atom. The van der Waals surface area contributed by atoms with Crippen molar-refractivity contribution in [2.24, 2.45) is 7.05 Å². The lowest BCUT2D eigenvalue weighted by Crippen LogP contribution is -2.38. The zero-order chi connectivity index (χ0) is 22.0. The molecule has 0 saturated carbocycles. The Hall–Kier alpha value is -3.86. The quantitative estimate of drug-likeness (QED) is 0.444. The molecular weight excluding hydrogens is 402 g/mol. The van der Waals surface area contributed by atoms with Crippen LogP contribution in [0.15, 0.2) is 46.4 Å². The maximum atomic E-state index is 13.0. The number of aromatic amines is 1. The van der Waals surface area contributed by atoms with E-state index >= 15 is 0 Å². The van der Waals surface area contributed by atoms with Crippen LogP contribution in [0.2, 0.25) is 0 Å². The van der Waals surface area contributed by atoms with Crippen LogP contribution < -0.4 is 11.1 Å². The van der Waals surface area contributed by atoms with Gasteiger partial charge in [0.05, 0.1) is 30.3 Å². The van der Waals surface area contributed by atoms with Gasteiger partial charge in [-0.3, -0.25) is 23.6 Å². The molecule has 11 nitrogen and oxygen atoms in total. The normalized spacial score (nSPS) is 11.3. The van der Waals surface area contributed by atoms with Crippen LogP contribution >= 0.6 is 0 Å². The van der Waals surface area contributed by atoms with E-state index in [1.165, 1.54) is 33.8 Å². The summed E-state index contributed by atoms with van der Waals surface area (Å²) in [6, 6.07) is 6.98. The minimum atomic E-state index is -0.352. The molecule has 4 aromatic rings. The number of rotatable bonds is 7. The van der Waals surface area contributed by atoms with Gasteiger partial charge in [0.25, 0.3) is 11.1 Å². The van der Waals surface area contributed by atoms with Crippen molar-refractivity contribution < 1.29 is 9.53 Å². The van der Waals surface area contributed by atoms with Gasteiger partial charge in [-0.25, -0.2) is 9.97 Å². The van der Waals surface area contributed by atoms with Crippen molar-refractivity contribution in [2.45, 2.75) is 13.1 Å². The summed E-state index contributed by atoms with van der Waals surface area (Å²) in [5.41, 5.74) is 0.364. The van der Waals surface area contributed by atoms with E-state index < -0.39 is 0 Å². The van der Waals surface area contributed by atoms with E-state index in [4.69, 9.17) is 4.74 Å². The molecule has 3 heterocycles. The van der Waals surface area contributed by atoms with Crippen molar-refractivity contribution in [1.29, 1.82) is 0 Å². The molecule has 0 radical (unpaired) electrons. The van der Waals surface area contributed by atoms with Crippen LogP contribution in [0.3, 0.4) is 0 Å². The number of para-hydroxylation sites is 1. The molecule has 1 N–H and O–H groups in total. The van der Waals surface area contributed by atoms with Crippen LogP contribution in [0, 0.1) is 0 Å². The van der Waals surface area contributed by atoms with Crippen molar-refractivity contribution in [2.75, 3.05) is 20.3 Å². The number of hydrogen-bond acceptors (Lipinski definition) is 7. The molecule has 0 aliphatic carbocycles. The second-order valence-electron chi connectivity index (χ2n) is 7.02. The number of nitrogens with one attached hydrogen (secondary N) is 1. The number of hydrogen-bond donors (Lipinski definition) is 1. The Bertz CT molecular complexity index is 1370. The first-order valence-corrected chi connectivity index (χ1v) is 9.59. The number of aryl methyl sites for hydroxylation is 1. The molecule has 0 bridgehead atoms. The average Bonchev–Trinajstić information content (AvgIpc) is 3.14. The molecule has 0 saturated heterocycles. The van der Waals surface area contributed by atoms with Crippen LogP contribution in [-0.4, -0.2) is 60.4 Å². The molecule has 1 aromatic carbocycles. The summed E-state index contributed by atoms with van der Waals surface area (Å²) in [6.45, 7) is 0.416. The van der Waals surface area contributed by atoms with Gasteiger partial charge < -0.3 is 14.6 Å². The fourth-order valence-electron chi connectivity index (χ4n) is 3.31. The largest absolute Gasteiger partial charge is 0.383 e. The first kappa shape index (κ1) is 20.4. The minimum absolute atomic E-state index is 0.0690. The molecular formula is C20H21N7O4. The van der Waals surface area contributed by atoms with Crippen molar-refractivity contribution >= 4 is 27.8 Å². The lowest BCUT2D eigenvalue weighted by molar-refractivity contribution is -0.133. The third-order valence-electron chi connectivity index (χ3n) is 4.94. The zero-order valence-electron chi connectivity index (χ0n) is 17.1. The molecule has 160 valence electrons. The molecule has 4 rings (SSSR count). The maximum Gasteiger partial charge on any atom is 0.264 e. The average molecular weight is 423 g/mol. The number of methoxy groups -OCH3 is 1. The summed E-state index contributed by atoms with van der Waals surface area (Å²) in [4.78, 5) is 50.9. The Kier molecular flexibility index (Phi) is 5.58. The fraction of sp³-hybridized carbons (Fsp3) is 0.300. The number of ether oxygens (including phenoxy) is 1. The van der Waals surface area contributed by atoms with Gasteiger partial charge in [0.2, 0.25) is 5.91 Å². The Balaban J connectivity index is 1.60. The summed E-state index contributed by atoms with van der Waals surface area (Å²) in [5.74, 6) is 0.0151. The number of fused-ring (bicyclic) bond motifs is 2. The van der Waals surface area contributed by atoms with E-state index in [9.17, 15) is 14.4 Å². The Morgan fingerprint density at radius 2 is 2.03 bits per heavy atom. The molecule has 0 aliphatic heterocycles. The van der Waals surface area contributed by atoms with Gasteiger partial charge in [0, 0.05) is 20.7 Å². The third-order valence-corrected chi connectivity index (χ3v) is 4.94. The van der Waals surface area contributed by atoms with Crippen molar-refractivity contribution in [3.63, 3.8) is 0 Å². The Morgan fingerprint density at radius 1 is 1.23 bits per heavy atom. The van der Waals surface area contributed by atoms with E-state index in [1.807, 2.05) is 0 Å². The van der Waals surface area contributed by atoms with E-state index in [1.54, 1.807) is 31.3 Å². The molecule has 1 amide bonds. The standard InChI is InChI=1S/C20H21N7O4/c1-25-18-14(9-22-25)20(30)27(12-21-18)11-17(28)26(7-8-31-2)10-16-23-15-6-4-3-5-13(15)19(29)24-16/h3-6,9,12H,7-8,10-11H2,1-2H3,(H,23,24,29). The molecule has 0 atom stereocenters. The monoisotopic (exact) mass is 423 g/mol. The highest BCUT2D eigenvalue weighted by Crippen LogP contribution is 2.08. The second kappa shape index (κ2) is 8.48. The van der Waals surface area contributed by atoms with Gasteiger partial charge in [-0.05, 0) is 12.1 Å². The van der Waals surface area contributed by atoms with E-state index in [-0.39, 0.29) is 36.7 Å². The van der Waals surface area contributed by atoms with Crippen LogP contribution in [0.1, 0.15) is 5.82 Å². The molecule has 11 heteroatoms. The zero-order valence-corrected chi connectivity index (χ0v) is 17.1. The van der Waals surface area contributed by atoms with Crippen molar-refractivity contribution in [3.05, 3.63) is 63.3 Å². The van der Waals surface area contributed by atoms with Crippen LogP contribution in [0.25, 0.3) is 21.9 Å². The van der Waals surface area contributed by atoms with Crippen LogP contribution in [0.5, 0.6) is 0 Å². The van der Waals surface area contributed by atoms with Gasteiger partial charge in [-0.1, -0.05) is 12.1 Å². The topological polar surface area (TPSA) is 128 Å². The summed E-state index contributed by atoms with van der Waals surface area (Å²) >= 11 is 0. The van der Waals surface area contributed by atoms with Crippen molar-refractivity contribution in [3.8, 4) is 0 Å². The summed E-state index contributed by atoms with van der Waals surface area (Å²) < 4.78 is 7.84. The SMILES string of the molecule is COCCN(Cc1nc2ccccc2c(=O)[nH]1)C(=O)Cn1cnc2c(cnn2C)c1=O. The minimum Gasteiger partial charge on any atom is -0.383 e. The maximum absolute atomic E-state index is 13.0. The first-order chi connectivity index (χ1) is 15.0. The van der Waals surface area contributed by atoms with Gasteiger partial charge in [-0.15, -0.1) is 0 Å². The molecule has 0 fully saturated rings. The van der Waals surface area contributed by atoms with Crippen LogP contribution in [0.4, 0.5) is 0 Å². The second-order valence-corrected chi connectivity index (χ2v) is 7.02. The lowest BCUT2D eigenvalue weighted by atomic mass is 10.2. The molecule has 0 unspecified atom stereocenters. The third kappa shape index (κ3) is 4.08. The predicted molar refractivity (Wildman–Crippen MR) is 112 cm³/mol. The van der Waals surface area contributed by atoms with Gasteiger partial charge in [-0.2, -0.15) is 5.10 Å². The summed E-state index contributed by atoms with van der Waals surface area (Å²) in [7, 11) is 3.22. The lowest BCUT2D eigenvalue weighted by Gasteiger charge is -2.22. The number of H-pyrrole nitrogens is 1. The van der Waals surface area contributed by atoms with Crippen molar-refractivity contribution in [1.82, 2.24) is 34.2 Å². The number of carbonyl (C=O) groups is 1. The highest BCUT2D eigenvalue weighted by atomic mass is 16.5. The molecule has 31 heavy (non-hydrogen) atoms. The van der Waals surface area contributed by atoms with Gasteiger partial charge in [0.15, 0.2) is 5.65 Å². The highest BCUT2D eigenvalue weighted by molar-refractivity contribution is 5.78. The smallest absolute Gasteiger partial charge is 0.264 e. The first-order valence-electron chi connectivity index (χ1n) is 9.59. The summed E-state index contributed by atoms with van der Waals surface area (Å²) in [5, 5.41) is 4.84. The predicted octanol–water partition coefficient (Wildman–Crippen LogP) is 0.0417. The summed E-state index contributed by atoms with van der Waals surface area (Å²) in [6.07, 6.45) is 2.76. The fourth-order valence-corrected chi connectivity index (χ4v) is 3.31. The number of aromatic nitrogens is 6. The molecule has 0 aliphatic rings. The van der Waals surface area contributed by atoms with Gasteiger partial charge in [0.1, 0.15) is 24.1 Å². The Labute approximate surface area is 175 Å². The van der Waals surface area contributed by atoms with Crippen LogP contribution in [-0.2, 0) is 29.7 Å². The molecule has 0 spiro atoms. The highest BCUT2D eigenvalue weighted by Gasteiger charge is 2.18. The number of benzene rings is 1. The van der Waals surface area contributed by atoms with E-state index in [2.05, 4.69) is 20.1 Å². The van der Waals surface area contributed by atoms with E-state index in [0.717, 1.165) is 0 Å². The molecule has 3 aromatic heterocycles.